The first-order valence-corrected chi connectivity index (χ1v) is 9.73. The van der Waals surface area contributed by atoms with Gasteiger partial charge in [0.25, 0.3) is 5.91 Å². The quantitative estimate of drug-likeness (QED) is 0.636. The van der Waals surface area contributed by atoms with E-state index in [2.05, 4.69) is 16.0 Å². The molecular weight excluding hydrogens is 391 g/mol. The lowest BCUT2D eigenvalue weighted by Crippen LogP contribution is -2.35. The van der Waals surface area contributed by atoms with Crippen LogP contribution in [0.5, 0.6) is 0 Å². The highest BCUT2D eigenvalue weighted by Gasteiger charge is 2.23. The normalized spacial score (nSPS) is 14.5. The van der Waals surface area contributed by atoms with Crippen molar-refractivity contribution < 1.29 is 9.18 Å². The molecule has 0 radical (unpaired) electrons. The average Bonchev–Trinajstić information content (AvgIpc) is 2.98. The van der Waals surface area contributed by atoms with Gasteiger partial charge < -0.3 is 9.80 Å². The molecule has 4 rings (SSSR count). The predicted octanol–water partition coefficient (Wildman–Crippen LogP) is 4.25. The van der Waals surface area contributed by atoms with Gasteiger partial charge in [0.15, 0.2) is 0 Å². The Labute approximate surface area is 172 Å². The van der Waals surface area contributed by atoms with Crippen LogP contribution in [0, 0.1) is 17.1 Å². The van der Waals surface area contributed by atoms with Crippen molar-refractivity contribution in [2.75, 3.05) is 31.1 Å². The van der Waals surface area contributed by atoms with E-state index in [9.17, 15) is 14.4 Å². The third-order valence-electron chi connectivity index (χ3n) is 5.09. The van der Waals surface area contributed by atoms with Gasteiger partial charge in [-0.05, 0) is 42.8 Å². The molecule has 0 N–H and O–H groups in total. The second kappa shape index (κ2) is 8.06. The number of pyridine rings is 1. The second-order valence-electron chi connectivity index (χ2n) is 6.94. The SMILES string of the molecule is N#Cc1cnc2ccc(Cl)cc2c1N1CCCN(C(=O)c2cccc(F)c2)CC1. The third kappa shape index (κ3) is 3.87. The molecule has 1 amide bonds. The smallest absolute Gasteiger partial charge is 0.254 e. The number of benzene rings is 2. The number of hydrogen-bond acceptors (Lipinski definition) is 4. The van der Waals surface area contributed by atoms with E-state index >= 15 is 0 Å². The van der Waals surface area contributed by atoms with Crippen molar-refractivity contribution in [2.24, 2.45) is 0 Å². The number of aromatic nitrogens is 1. The van der Waals surface area contributed by atoms with E-state index in [0.29, 0.717) is 42.3 Å². The van der Waals surface area contributed by atoms with Crippen LogP contribution in [0.2, 0.25) is 5.02 Å². The van der Waals surface area contributed by atoms with Gasteiger partial charge in [-0.2, -0.15) is 5.26 Å². The van der Waals surface area contributed by atoms with Crippen LogP contribution in [0.1, 0.15) is 22.3 Å². The van der Waals surface area contributed by atoms with Gasteiger partial charge >= 0.3 is 0 Å². The fraction of sp³-hybridized carbons (Fsp3) is 0.227. The standard InChI is InChI=1S/C22H18ClFN4O/c23-17-5-6-20-19(12-17)21(16(13-25)14-26-20)27-7-2-8-28(10-9-27)22(29)15-3-1-4-18(24)11-15/h1,3-6,11-12,14H,2,7-10H2. The monoisotopic (exact) mass is 408 g/mol. The maximum absolute atomic E-state index is 13.5. The Morgan fingerprint density at radius 1 is 1.14 bits per heavy atom. The van der Waals surface area contributed by atoms with E-state index in [-0.39, 0.29) is 5.91 Å². The van der Waals surface area contributed by atoms with Crippen LogP contribution >= 0.6 is 11.6 Å². The lowest BCUT2D eigenvalue weighted by atomic mass is 10.1. The highest BCUT2D eigenvalue weighted by atomic mass is 35.5. The Morgan fingerprint density at radius 3 is 2.79 bits per heavy atom. The molecule has 0 bridgehead atoms. The number of carbonyl (C=O) groups excluding carboxylic acids is 1. The summed E-state index contributed by atoms with van der Waals surface area (Å²) in [6, 6.07) is 13.4. The van der Waals surface area contributed by atoms with E-state index in [0.717, 1.165) is 23.0 Å². The van der Waals surface area contributed by atoms with Crippen LogP contribution in [0.4, 0.5) is 10.1 Å². The van der Waals surface area contributed by atoms with Gasteiger partial charge in [0, 0.05) is 48.3 Å². The highest BCUT2D eigenvalue weighted by Crippen LogP contribution is 2.32. The number of amides is 1. The van der Waals surface area contributed by atoms with Crippen molar-refractivity contribution in [3.05, 3.63) is 70.6 Å². The minimum Gasteiger partial charge on any atom is -0.368 e. The summed E-state index contributed by atoms with van der Waals surface area (Å²) in [6.07, 6.45) is 2.31. The first kappa shape index (κ1) is 19.2. The summed E-state index contributed by atoms with van der Waals surface area (Å²) in [4.78, 5) is 21.0. The number of nitrogens with zero attached hydrogens (tertiary/aromatic N) is 4. The molecule has 2 heterocycles. The second-order valence-corrected chi connectivity index (χ2v) is 7.37. The first-order valence-electron chi connectivity index (χ1n) is 9.35. The minimum atomic E-state index is -0.425. The van der Waals surface area contributed by atoms with Crippen molar-refractivity contribution >= 4 is 34.1 Å². The average molecular weight is 409 g/mol. The van der Waals surface area contributed by atoms with E-state index in [1.165, 1.54) is 12.1 Å². The van der Waals surface area contributed by atoms with Gasteiger partial charge in [-0.25, -0.2) is 4.39 Å². The fourth-order valence-electron chi connectivity index (χ4n) is 3.72. The van der Waals surface area contributed by atoms with Gasteiger partial charge in [-0.1, -0.05) is 17.7 Å². The summed E-state index contributed by atoms with van der Waals surface area (Å²) in [6.45, 7) is 2.29. The maximum atomic E-state index is 13.5. The molecule has 1 aliphatic heterocycles. The van der Waals surface area contributed by atoms with Crippen LogP contribution in [0.15, 0.2) is 48.7 Å². The maximum Gasteiger partial charge on any atom is 0.254 e. The molecule has 7 heteroatoms. The van der Waals surface area contributed by atoms with E-state index in [1.807, 2.05) is 12.1 Å². The predicted molar refractivity (Wildman–Crippen MR) is 111 cm³/mol. The molecule has 1 aromatic heterocycles. The molecule has 1 aliphatic rings. The van der Waals surface area contributed by atoms with E-state index in [4.69, 9.17) is 11.6 Å². The Morgan fingerprint density at radius 2 is 2.00 bits per heavy atom. The summed E-state index contributed by atoms with van der Waals surface area (Å²) >= 11 is 6.19. The van der Waals surface area contributed by atoms with Crippen LogP contribution in [-0.2, 0) is 0 Å². The summed E-state index contributed by atoms with van der Waals surface area (Å²) in [5, 5.41) is 11.0. The number of rotatable bonds is 2. The zero-order chi connectivity index (χ0) is 20.4. The Kier molecular flexibility index (Phi) is 5.32. The third-order valence-corrected chi connectivity index (χ3v) is 5.33. The van der Waals surface area contributed by atoms with E-state index < -0.39 is 5.82 Å². The lowest BCUT2D eigenvalue weighted by molar-refractivity contribution is 0.0766. The number of anilines is 1. The molecule has 1 fully saturated rings. The van der Waals surface area contributed by atoms with Crippen molar-refractivity contribution in [1.29, 1.82) is 5.26 Å². The Hall–Kier alpha value is -3.17. The van der Waals surface area contributed by atoms with Crippen molar-refractivity contribution in [3.8, 4) is 6.07 Å². The molecular formula is C22H18ClFN4O. The lowest BCUT2D eigenvalue weighted by Gasteiger charge is -2.26. The first-order chi connectivity index (χ1) is 14.1. The zero-order valence-electron chi connectivity index (χ0n) is 15.6. The molecule has 2 aromatic carbocycles. The van der Waals surface area contributed by atoms with Crippen LogP contribution < -0.4 is 4.90 Å². The summed E-state index contributed by atoms with van der Waals surface area (Å²) in [5.74, 6) is -0.611. The minimum absolute atomic E-state index is 0.186. The molecule has 0 saturated carbocycles. The molecule has 0 atom stereocenters. The van der Waals surface area contributed by atoms with Crippen molar-refractivity contribution in [2.45, 2.75) is 6.42 Å². The van der Waals surface area contributed by atoms with Crippen molar-refractivity contribution in [1.82, 2.24) is 9.88 Å². The number of nitriles is 1. The molecule has 29 heavy (non-hydrogen) atoms. The summed E-state index contributed by atoms with van der Waals surface area (Å²) in [7, 11) is 0. The van der Waals surface area contributed by atoms with Crippen LogP contribution in [0.25, 0.3) is 10.9 Å². The molecule has 0 spiro atoms. The van der Waals surface area contributed by atoms with Gasteiger partial charge in [0.2, 0.25) is 0 Å². The molecule has 146 valence electrons. The molecule has 1 saturated heterocycles. The number of carbonyl (C=O) groups is 1. The Bertz CT molecular complexity index is 1130. The van der Waals surface area contributed by atoms with Gasteiger partial charge in [0.1, 0.15) is 11.9 Å². The van der Waals surface area contributed by atoms with Gasteiger partial charge in [-0.15, -0.1) is 0 Å². The molecule has 0 unspecified atom stereocenters. The van der Waals surface area contributed by atoms with E-state index in [1.54, 1.807) is 29.3 Å². The largest absolute Gasteiger partial charge is 0.368 e. The van der Waals surface area contributed by atoms with Gasteiger partial charge in [0.05, 0.1) is 16.8 Å². The summed E-state index contributed by atoms with van der Waals surface area (Å²) in [5.41, 5.74) is 2.38. The molecule has 5 nitrogen and oxygen atoms in total. The highest BCUT2D eigenvalue weighted by molar-refractivity contribution is 6.31. The van der Waals surface area contributed by atoms with Gasteiger partial charge in [-0.3, -0.25) is 9.78 Å². The summed E-state index contributed by atoms with van der Waals surface area (Å²) < 4.78 is 13.5. The Balaban J connectivity index is 1.63. The zero-order valence-corrected chi connectivity index (χ0v) is 16.4. The molecule has 3 aromatic rings. The number of hydrogen-bond donors (Lipinski definition) is 0. The number of fused-ring (bicyclic) bond motifs is 1. The molecule has 0 aliphatic carbocycles. The topological polar surface area (TPSA) is 60.2 Å². The fourth-order valence-corrected chi connectivity index (χ4v) is 3.89. The van der Waals surface area contributed by atoms with Crippen LogP contribution in [-0.4, -0.2) is 42.0 Å². The number of halogens is 2. The van der Waals surface area contributed by atoms with Crippen LogP contribution in [0.3, 0.4) is 0 Å². The van der Waals surface area contributed by atoms with Crippen molar-refractivity contribution in [3.63, 3.8) is 0 Å².